The molecule has 0 spiro atoms. The minimum atomic E-state index is -0.314. The number of amides is 2. The highest BCUT2D eigenvalue weighted by Crippen LogP contribution is 2.27. The van der Waals surface area contributed by atoms with Gasteiger partial charge in [0.2, 0.25) is 0 Å². The Hall–Kier alpha value is -2.25. The Bertz CT molecular complexity index is 759. The predicted octanol–water partition coefficient (Wildman–Crippen LogP) is 1.53. The lowest BCUT2D eigenvalue weighted by Gasteiger charge is -2.04. The van der Waals surface area contributed by atoms with Crippen molar-refractivity contribution in [2.24, 2.45) is 0 Å². The summed E-state index contributed by atoms with van der Waals surface area (Å²) in [4.78, 5) is 29.3. The zero-order chi connectivity index (χ0) is 15.9. The number of benzene rings is 1. The van der Waals surface area contributed by atoms with E-state index < -0.39 is 0 Å². The number of hydrogen-bond acceptors (Lipinski definition) is 6. The summed E-state index contributed by atoms with van der Waals surface area (Å²) in [6, 6.07) is 5.19. The SMILES string of the molecule is CNC(C)Cc1noc(-c2ccc3c(c2)C(=O)N(C)C3=O)n1.Cl. The van der Waals surface area contributed by atoms with Gasteiger partial charge in [-0.3, -0.25) is 14.5 Å². The molecule has 3 rings (SSSR count). The lowest BCUT2D eigenvalue weighted by Crippen LogP contribution is -2.24. The average Bonchev–Trinajstić information content (AvgIpc) is 3.07. The van der Waals surface area contributed by atoms with Gasteiger partial charge >= 0.3 is 0 Å². The van der Waals surface area contributed by atoms with Gasteiger partial charge in [0.15, 0.2) is 5.82 Å². The number of nitrogens with one attached hydrogen (secondary N) is 1. The van der Waals surface area contributed by atoms with Gasteiger partial charge in [-0.1, -0.05) is 5.16 Å². The number of nitrogens with zero attached hydrogens (tertiary/aromatic N) is 3. The molecule has 0 bridgehead atoms. The molecule has 122 valence electrons. The molecule has 1 N–H and O–H groups in total. The molecule has 0 saturated heterocycles. The number of rotatable bonds is 4. The first kappa shape index (κ1) is 17.1. The molecule has 2 heterocycles. The van der Waals surface area contributed by atoms with Gasteiger partial charge < -0.3 is 9.84 Å². The fraction of sp³-hybridized carbons (Fsp3) is 0.333. The summed E-state index contributed by atoms with van der Waals surface area (Å²) in [5.74, 6) is 0.332. The minimum Gasteiger partial charge on any atom is -0.334 e. The Morgan fingerprint density at radius 2 is 1.96 bits per heavy atom. The van der Waals surface area contributed by atoms with Crippen molar-refractivity contribution < 1.29 is 14.1 Å². The summed E-state index contributed by atoms with van der Waals surface area (Å²) >= 11 is 0. The van der Waals surface area contributed by atoms with Gasteiger partial charge in [0.1, 0.15) is 0 Å². The number of carbonyl (C=O) groups excluding carboxylic acids is 2. The predicted molar refractivity (Wildman–Crippen MR) is 85.6 cm³/mol. The number of aromatic nitrogens is 2. The summed E-state index contributed by atoms with van der Waals surface area (Å²) in [5.41, 5.74) is 1.40. The standard InChI is InChI=1S/C15H16N4O3.ClH/c1-8(16-2)6-12-17-13(22-18-12)9-4-5-10-11(7-9)15(21)19(3)14(10)20;/h4-5,7-8,16H,6H2,1-3H3;1H. The van der Waals surface area contributed by atoms with E-state index in [9.17, 15) is 9.59 Å². The van der Waals surface area contributed by atoms with E-state index in [4.69, 9.17) is 4.52 Å². The van der Waals surface area contributed by atoms with Gasteiger partial charge in [-0.25, -0.2) is 0 Å². The van der Waals surface area contributed by atoms with Crippen molar-refractivity contribution in [3.8, 4) is 11.5 Å². The topological polar surface area (TPSA) is 88.3 Å². The van der Waals surface area contributed by atoms with Crippen LogP contribution in [0.25, 0.3) is 11.5 Å². The van der Waals surface area contributed by atoms with Crippen LogP contribution in [0, 0.1) is 0 Å². The second-order valence-electron chi connectivity index (χ2n) is 5.34. The molecule has 1 aliphatic rings. The summed E-state index contributed by atoms with van der Waals surface area (Å²) in [5, 5.41) is 7.04. The summed E-state index contributed by atoms with van der Waals surface area (Å²) < 4.78 is 5.25. The Balaban J connectivity index is 0.00000192. The highest BCUT2D eigenvalue weighted by molar-refractivity contribution is 6.21. The number of halogens is 1. The van der Waals surface area contributed by atoms with E-state index in [1.165, 1.54) is 7.05 Å². The normalized spacial score (nSPS) is 14.7. The Labute approximate surface area is 139 Å². The molecule has 1 aromatic heterocycles. The molecular weight excluding hydrogens is 320 g/mol. The van der Waals surface area contributed by atoms with Crippen molar-refractivity contribution in [1.29, 1.82) is 0 Å². The second kappa shape index (κ2) is 6.47. The summed E-state index contributed by atoms with van der Waals surface area (Å²) in [6.45, 7) is 2.02. The van der Waals surface area contributed by atoms with Crippen molar-refractivity contribution in [2.75, 3.05) is 14.1 Å². The van der Waals surface area contributed by atoms with Gasteiger partial charge in [0.05, 0.1) is 11.1 Å². The molecule has 1 unspecified atom stereocenters. The number of likely N-dealkylation sites (N-methyl/N-ethyl adjacent to an activating group) is 1. The third-order valence-corrected chi connectivity index (χ3v) is 3.79. The third-order valence-electron chi connectivity index (χ3n) is 3.79. The molecule has 1 atom stereocenters. The lowest BCUT2D eigenvalue weighted by atomic mass is 10.1. The van der Waals surface area contributed by atoms with Crippen LogP contribution in [-0.4, -0.2) is 47.0 Å². The van der Waals surface area contributed by atoms with Gasteiger partial charge in [-0.05, 0) is 32.2 Å². The monoisotopic (exact) mass is 336 g/mol. The summed E-state index contributed by atoms with van der Waals surface area (Å²) in [6.07, 6.45) is 0.644. The van der Waals surface area contributed by atoms with E-state index >= 15 is 0 Å². The van der Waals surface area contributed by atoms with Gasteiger partial charge in [0.25, 0.3) is 17.7 Å². The molecule has 1 aliphatic heterocycles. The molecule has 0 aliphatic carbocycles. The largest absolute Gasteiger partial charge is 0.334 e. The molecule has 2 aromatic rings. The summed E-state index contributed by atoms with van der Waals surface area (Å²) in [7, 11) is 3.33. The van der Waals surface area contributed by atoms with Crippen LogP contribution < -0.4 is 5.32 Å². The van der Waals surface area contributed by atoms with Crippen LogP contribution >= 0.6 is 12.4 Å². The number of hydrogen-bond donors (Lipinski definition) is 1. The first-order chi connectivity index (χ1) is 10.5. The maximum Gasteiger partial charge on any atom is 0.261 e. The highest BCUT2D eigenvalue weighted by Gasteiger charge is 2.33. The molecule has 1 aromatic carbocycles. The molecule has 23 heavy (non-hydrogen) atoms. The smallest absolute Gasteiger partial charge is 0.261 e. The highest BCUT2D eigenvalue weighted by atomic mass is 35.5. The van der Waals surface area contributed by atoms with Gasteiger partial charge in [0, 0.05) is 25.1 Å². The van der Waals surface area contributed by atoms with Crippen molar-refractivity contribution in [1.82, 2.24) is 20.4 Å². The van der Waals surface area contributed by atoms with Gasteiger partial charge in [-0.15, -0.1) is 12.4 Å². The third kappa shape index (κ3) is 2.97. The Morgan fingerprint density at radius 1 is 1.26 bits per heavy atom. The van der Waals surface area contributed by atoms with Crippen LogP contribution in [-0.2, 0) is 6.42 Å². The number of fused-ring (bicyclic) bond motifs is 1. The van der Waals surface area contributed by atoms with E-state index in [1.807, 2.05) is 14.0 Å². The first-order valence-electron chi connectivity index (χ1n) is 6.98. The van der Waals surface area contributed by atoms with Crippen LogP contribution in [0.3, 0.4) is 0 Å². The molecule has 8 heteroatoms. The maximum absolute atomic E-state index is 12.0. The van der Waals surface area contributed by atoms with Crippen molar-refractivity contribution in [3.63, 3.8) is 0 Å². The zero-order valence-electron chi connectivity index (χ0n) is 13.0. The molecule has 0 saturated carbocycles. The van der Waals surface area contributed by atoms with Crippen LogP contribution in [0.1, 0.15) is 33.5 Å². The molecular formula is C15H17ClN4O3. The number of imide groups is 1. The van der Waals surface area contributed by atoms with Crippen LogP contribution in [0.15, 0.2) is 22.7 Å². The maximum atomic E-state index is 12.0. The molecule has 0 radical (unpaired) electrons. The average molecular weight is 337 g/mol. The van der Waals surface area contributed by atoms with E-state index in [0.29, 0.717) is 34.8 Å². The Kier molecular flexibility index (Phi) is 4.82. The van der Waals surface area contributed by atoms with E-state index in [1.54, 1.807) is 18.2 Å². The molecule has 0 fully saturated rings. The quantitative estimate of drug-likeness (QED) is 0.852. The Morgan fingerprint density at radius 3 is 2.65 bits per heavy atom. The molecule has 2 amide bonds. The van der Waals surface area contributed by atoms with Gasteiger partial charge in [-0.2, -0.15) is 4.98 Å². The van der Waals surface area contributed by atoms with Crippen LogP contribution in [0.4, 0.5) is 0 Å². The van der Waals surface area contributed by atoms with Crippen molar-refractivity contribution >= 4 is 24.2 Å². The van der Waals surface area contributed by atoms with E-state index in [-0.39, 0.29) is 30.3 Å². The molecule has 7 nitrogen and oxygen atoms in total. The van der Waals surface area contributed by atoms with Crippen LogP contribution in [0.2, 0.25) is 0 Å². The van der Waals surface area contributed by atoms with E-state index in [0.717, 1.165) is 4.90 Å². The van der Waals surface area contributed by atoms with Crippen molar-refractivity contribution in [3.05, 3.63) is 35.2 Å². The van der Waals surface area contributed by atoms with E-state index in [2.05, 4.69) is 15.5 Å². The fourth-order valence-electron chi connectivity index (χ4n) is 2.32. The second-order valence-corrected chi connectivity index (χ2v) is 5.34. The number of carbonyl (C=O) groups is 2. The minimum absolute atomic E-state index is 0. The lowest BCUT2D eigenvalue weighted by molar-refractivity contribution is 0.0693. The first-order valence-corrected chi connectivity index (χ1v) is 6.98. The van der Waals surface area contributed by atoms with Crippen LogP contribution in [0.5, 0.6) is 0 Å². The van der Waals surface area contributed by atoms with Crippen molar-refractivity contribution in [2.45, 2.75) is 19.4 Å². The zero-order valence-corrected chi connectivity index (χ0v) is 13.8. The fourth-order valence-corrected chi connectivity index (χ4v) is 2.32.